The van der Waals surface area contributed by atoms with E-state index in [0.29, 0.717) is 12.8 Å². The zero-order chi connectivity index (χ0) is 57.6. The van der Waals surface area contributed by atoms with Crippen molar-refractivity contribution in [3.05, 3.63) is 207 Å². The van der Waals surface area contributed by atoms with Gasteiger partial charge in [-0.1, -0.05) is 278 Å². The van der Waals surface area contributed by atoms with Crippen molar-refractivity contribution in [2.24, 2.45) is 0 Å². The van der Waals surface area contributed by atoms with E-state index in [1.165, 1.54) is 51.4 Å². The van der Waals surface area contributed by atoms with E-state index >= 15 is 0 Å². The summed E-state index contributed by atoms with van der Waals surface area (Å²) in [4.78, 5) is 24.6. The van der Waals surface area contributed by atoms with Crippen molar-refractivity contribution < 1.29 is 24.2 Å². The summed E-state index contributed by atoms with van der Waals surface area (Å²) in [7, 11) is 0. The van der Waals surface area contributed by atoms with E-state index in [1.54, 1.807) is 0 Å². The third-order valence-electron chi connectivity index (χ3n) is 12.6. The average molecular weight is 1100 g/mol. The Labute approximate surface area is 491 Å². The van der Waals surface area contributed by atoms with Gasteiger partial charge in [-0.2, -0.15) is 0 Å². The fourth-order valence-electron chi connectivity index (χ4n) is 7.92. The van der Waals surface area contributed by atoms with Crippen LogP contribution in [0, 0.1) is 0 Å². The standard InChI is InChI=1S/C75H114O5/c1-3-5-7-9-11-13-15-17-19-21-23-25-27-29-31-33-34-35-36-37-38-39-40-42-44-46-48-50-52-54-56-58-60-62-64-66-68-70-75(78)80-73(71-76)72-79-74(77)69-67-65-63-61-59-57-55-53-51-49-47-45-43-41-32-30-28-26-24-22-20-18-16-14-12-10-8-6-4-2/h5-8,11-14,17-20,23-26,29-32,34-35,37-38,40,42-43,45-46,48,52,54,58,60,73,76H,3-4,9-10,15-16,21-22,27-28,33,36,39,41,44,47,49-51,53,55-57,59,61-72H2,1-2H3/b7-5-,8-6-,13-11-,14-12-,19-17-,20-18-,25-23-,26-24-,31-29-,32-30-,35-34-,38-37-,42-40-,45-43-,48-46-,54-52-,60-58-. The van der Waals surface area contributed by atoms with Gasteiger partial charge in [0.2, 0.25) is 0 Å². The Bertz CT molecular complexity index is 1910. The minimum absolute atomic E-state index is 0.0962. The topological polar surface area (TPSA) is 72.8 Å². The van der Waals surface area contributed by atoms with Crippen molar-refractivity contribution in [2.75, 3.05) is 13.2 Å². The fraction of sp³-hybridized carbons (Fsp3) is 0.520. The largest absolute Gasteiger partial charge is 0.462 e. The Kier molecular flexibility index (Phi) is 63.1. The van der Waals surface area contributed by atoms with Gasteiger partial charge in [0.05, 0.1) is 6.61 Å². The molecule has 0 aliphatic carbocycles. The molecule has 1 N–H and O–H groups in total. The van der Waals surface area contributed by atoms with Crippen molar-refractivity contribution >= 4 is 11.9 Å². The van der Waals surface area contributed by atoms with Crippen LogP contribution >= 0.6 is 0 Å². The first-order chi connectivity index (χ1) is 39.6. The highest BCUT2D eigenvalue weighted by Crippen LogP contribution is 2.14. The SMILES string of the molecule is CC/C=C\C/C=C\C/C=C\C/C=C\C/C=C\C/C=C\C/C=C\C/C=C\C/C=C\C/C=C\C/C=C\CCCCCC(=O)OC(CO)COC(=O)CCCCCCCCCCCC/C=C\C/C=C\C/C=C\C/C=C\C/C=C\C/C=C\CC. The molecule has 0 aromatic carbocycles. The number of allylic oxidation sites excluding steroid dienone is 34. The van der Waals surface area contributed by atoms with E-state index in [2.05, 4.69) is 220 Å². The zero-order valence-corrected chi connectivity index (χ0v) is 50.7. The molecule has 0 saturated heterocycles. The second-order valence-corrected chi connectivity index (χ2v) is 20.0. The van der Waals surface area contributed by atoms with E-state index in [0.717, 1.165) is 154 Å². The number of rotatable bonds is 55. The van der Waals surface area contributed by atoms with Crippen molar-refractivity contribution in [3.63, 3.8) is 0 Å². The molecule has 0 radical (unpaired) electrons. The molecule has 0 aliphatic rings. The number of aliphatic hydroxyl groups is 1. The minimum atomic E-state index is -0.810. The quantitative estimate of drug-likeness (QED) is 0.0373. The third kappa shape index (κ3) is 65.0. The Morgan fingerprint density at radius 2 is 0.500 bits per heavy atom. The Morgan fingerprint density at radius 3 is 0.762 bits per heavy atom. The lowest BCUT2D eigenvalue weighted by Gasteiger charge is -2.15. The van der Waals surface area contributed by atoms with Gasteiger partial charge >= 0.3 is 11.9 Å². The number of hydrogen-bond acceptors (Lipinski definition) is 5. The molecule has 0 saturated carbocycles. The summed E-state index contributed by atoms with van der Waals surface area (Å²) >= 11 is 0. The second kappa shape index (κ2) is 67.8. The molecule has 0 fully saturated rings. The molecule has 0 heterocycles. The van der Waals surface area contributed by atoms with Crippen LogP contribution in [0.25, 0.3) is 0 Å². The Balaban J connectivity index is 3.68. The van der Waals surface area contributed by atoms with Crippen LogP contribution in [0.1, 0.15) is 232 Å². The van der Waals surface area contributed by atoms with Gasteiger partial charge < -0.3 is 14.6 Å². The smallest absolute Gasteiger partial charge is 0.306 e. The lowest BCUT2D eigenvalue weighted by atomic mass is 10.1. The van der Waals surface area contributed by atoms with Gasteiger partial charge in [-0.25, -0.2) is 0 Å². The number of ether oxygens (including phenoxy) is 2. The van der Waals surface area contributed by atoms with Crippen molar-refractivity contribution in [3.8, 4) is 0 Å². The highest BCUT2D eigenvalue weighted by molar-refractivity contribution is 5.70. The monoisotopic (exact) mass is 1090 g/mol. The third-order valence-corrected chi connectivity index (χ3v) is 12.6. The number of carbonyl (C=O) groups excluding carboxylic acids is 2. The predicted molar refractivity (Wildman–Crippen MR) is 352 cm³/mol. The van der Waals surface area contributed by atoms with Gasteiger partial charge in [0.25, 0.3) is 0 Å². The van der Waals surface area contributed by atoms with E-state index in [1.807, 2.05) is 0 Å². The zero-order valence-electron chi connectivity index (χ0n) is 50.7. The molecule has 0 aromatic rings. The molecule has 0 aliphatic heterocycles. The summed E-state index contributed by atoms with van der Waals surface area (Å²) < 4.78 is 10.7. The van der Waals surface area contributed by atoms with Crippen LogP contribution < -0.4 is 0 Å². The molecule has 0 amide bonds. The second-order valence-electron chi connectivity index (χ2n) is 20.0. The molecule has 444 valence electrons. The van der Waals surface area contributed by atoms with Crippen LogP contribution in [0.4, 0.5) is 0 Å². The summed E-state index contributed by atoms with van der Waals surface area (Å²) in [5, 5.41) is 9.68. The van der Waals surface area contributed by atoms with Crippen LogP contribution in [-0.2, 0) is 19.1 Å². The number of hydrogen-bond donors (Lipinski definition) is 1. The minimum Gasteiger partial charge on any atom is -0.462 e. The fourth-order valence-corrected chi connectivity index (χ4v) is 7.92. The molecule has 80 heavy (non-hydrogen) atoms. The number of unbranched alkanes of at least 4 members (excludes halogenated alkanes) is 13. The molecular formula is C75H114O5. The Morgan fingerprint density at radius 1 is 0.287 bits per heavy atom. The van der Waals surface area contributed by atoms with Gasteiger partial charge in [0, 0.05) is 12.8 Å². The van der Waals surface area contributed by atoms with E-state index < -0.39 is 6.10 Å². The van der Waals surface area contributed by atoms with Crippen molar-refractivity contribution in [2.45, 2.75) is 238 Å². The highest BCUT2D eigenvalue weighted by Gasteiger charge is 2.16. The molecule has 0 aromatic heterocycles. The van der Waals surface area contributed by atoms with Crippen LogP contribution in [0.15, 0.2) is 207 Å². The molecule has 0 bridgehead atoms. The summed E-state index contributed by atoms with van der Waals surface area (Å²) in [5.41, 5.74) is 0. The van der Waals surface area contributed by atoms with Gasteiger partial charge in [-0.3, -0.25) is 9.59 Å². The first-order valence-corrected chi connectivity index (χ1v) is 31.6. The average Bonchev–Trinajstić information content (AvgIpc) is 3.46. The summed E-state index contributed by atoms with van der Waals surface area (Å²) in [6.07, 6.45) is 109. The van der Waals surface area contributed by atoms with Crippen LogP contribution in [0.5, 0.6) is 0 Å². The first-order valence-electron chi connectivity index (χ1n) is 31.6. The maximum absolute atomic E-state index is 12.3. The molecule has 1 unspecified atom stereocenters. The maximum atomic E-state index is 12.3. The molecule has 0 rings (SSSR count). The van der Waals surface area contributed by atoms with Crippen LogP contribution in [0.2, 0.25) is 0 Å². The molecule has 5 nitrogen and oxygen atoms in total. The molecule has 0 spiro atoms. The summed E-state index contributed by atoms with van der Waals surface area (Å²) in [6, 6.07) is 0. The summed E-state index contributed by atoms with van der Waals surface area (Å²) in [6.45, 7) is 3.87. The number of esters is 2. The van der Waals surface area contributed by atoms with Gasteiger partial charge in [-0.15, -0.1) is 0 Å². The van der Waals surface area contributed by atoms with Gasteiger partial charge in [-0.05, 0) is 148 Å². The normalized spacial score (nSPS) is 13.7. The van der Waals surface area contributed by atoms with Crippen molar-refractivity contribution in [1.29, 1.82) is 0 Å². The lowest BCUT2D eigenvalue weighted by molar-refractivity contribution is -0.161. The summed E-state index contributed by atoms with van der Waals surface area (Å²) in [5.74, 6) is -0.650. The van der Waals surface area contributed by atoms with E-state index in [4.69, 9.17) is 9.47 Å². The van der Waals surface area contributed by atoms with Gasteiger partial charge in [0.15, 0.2) is 6.10 Å². The Hall–Kier alpha value is -5.52. The van der Waals surface area contributed by atoms with E-state index in [9.17, 15) is 14.7 Å². The molecule has 1 atom stereocenters. The number of aliphatic hydroxyl groups excluding tert-OH is 1. The van der Waals surface area contributed by atoms with E-state index in [-0.39, 0.29) is 25.2 Å². The van der Waals surface area contributed by atoms with Crippen LogP contribution in [-0.4, -0.2) is 36.4 Å². The number of carbonyl (C=O) groups is 2. The van der Waals surface area contributed by atoms with Crippen molar-refractivity contribution in [1.82, 2.24) is 0 Å². The predicted octanol–water partition coefficient (Wildman–Crippen LogP) is 22.2. The molecule has 5 heteroatoms. The highest BCUT2D eigenvalue weighted by atomic mass is 16.6. The first kappa shape index (κ1) is 74.5. The maximum Gasteiger partial charge on any atom is 0.306 e. The van der Waals surface area contributed by atoms with Crippen LogP contribution in [0.3, 0.4) is 0 Å². The lowest BCUT2D eigenvalue weighted by Crippen LogP contribution is -2.28. The molecular weight excluding hydrogens is 981 g/mol. The van der Waals surface area contributed by atoms with Gasteiger partial charge in [0.1, 0.15) is 6.61 Å².